The molecule has 5 nitrogen and oxygen atoms in total. The third-order valence-electron chi connectivity index (χ3n) is 3.21. The minimum atomic E-state index is -3.43. The van der Waals surface area contributed by atoms with Crippen molar-refractivity contribution >= 4 is 33.2 Å². The standard InChI is InChI=1S/C12H19N3O2S2/c1-14-19(16,17)10-2-3-12(11(13)6-10)15-7-9-4-5-18-8-9/h2-3,6,9,14-15H,4-5,7-8,13H2,1H3. The van der Waals surface area contributed by atoms with E-state index in [1.807, 2.05) is 11.8 Å². The van der Waals surface area contributed by atoms with Crippen molar-refractivity contribution in [1.29, 1.82) is 0 Å². The second-order valence-corrected chi connectivity index (χ2v) is 7.60. The Bertz CT molecular complexity index is 540. The molecule has 1 aliphatic heterocycles. The molecule has 1 saturated heterocycles. The summed E-state index contributed by atoms with van der Waals surface area (Å²) in [6.07, 6.45) is 1.23. The van der Waals surface area contributed by atoms with Crippen molar-refractivity contribution in [2.45, 2.75) is 11.3 Å². The number of hydrogen-bond acceptors (Lipinski definition) is 5. The highest BCUT2D eigenvalue weighted by Gasteiger charge is 2.16. The van der Waals surface area contributed by atoms with E-state index in [2.05, 4.69) is 10.0 Å². The number of nitrogen functional groups attached to an aromatic ring is 1. The molecule has 1 unspecified atom stereocenters. The van der Waals surface area contributed by atoms with Gasteiger partial charge in [0.15, 0.2) is 0 Å². The van der Waals surface area contributed by atoms with Gasteiger partial charge in [-0.1, -0.05) is 0 Å². The van der Waals surface area contributed by atoms with Crippen LogP contribution < -0.4 is 15.8 Å². The van der Waals surface area contributed by atoms with E-state index in [0.29, 0.717) is 11.6 Å². The molecule has 1 atom stereocenters. The van der Waals surface area contributed by atoms with Crippen LogP contribution in [0.25, 0.3) is 0 Å². The third-order valence-corrected chi connectivity index (χ3v) is 5.85. The first kappa shape index (κ1) is 14.5. The Balaban J connectivity index is 2.06. The van der Waals surface area contributed by atoms with Crippen LogP contribution in [-0.4, -0.2) is 33.5 Å². The number of nitrogens with two attached hydrogens (primary N) is 1. The Morgan fingerprint density at radius 3 is 2.84 bits per heavy atom. The summed E-state index contributed by atoms with van der Waals surface area (Å²) in [6, 6.07) is 4.77. The van der Waals surface area contributed by atoms with Crippen molar-refractivity contribution in [3.05, 3.63) is 18.2 Å². The number of hydrogen-bond donors (Lipinski definition) is 3. The highest BCUT2D eigenvalue weighted by atomic mass is 32.2. The summed E-state index contributed by atoms with van der Waals surface area (Å²) >= 11 is 1.97. The maximum atomic E-state index is 11.6. The summed E-state index contributed by atoms with van der Waals surface area (Å²) in [4.78, 5) is 0.189. The number of sulfonamides is 1. The molecule has 1 aliphatic rings. The van der Waals surface area contributed by atoms with Gasteiger partial charge in [0.25, 0.3) is 0 Å². The van der Waals surface area contributed by atoms with Crippen LogP contribution >= 0.6 is 11.8 Å². The number of nitrogens with one attached hydrogen (secondary N) is 2. The Morgan fingerprint density at radius 2 is 2.26 bits per heavy atom. The van der Waals surface area contributed by atoms with Crippen LogP contribution in [0.4, 0.5) is 11.4 Å². The van der Waals surface area contributed by atoms with Crippen LogP contribution in [-0.2, 0) is 10.0 Å². The Kier molecular flexibility index (Phi) is 4.59. The first-order valence-electron chi connectivity index (χ1n) is 6.17. The van der Waals surface area contributed by atoms with Crippen molar-refractivity contribution in [2.75, 3.05) is 36.1 Å². The number of anilines is 2. The predicted octanol–water partition coefficient (Wildman–Crippen LogP) is 1.34. The van der Waals surface area contributed by atoms with E-state index in [0.717, 1.165) is 12.2 Å². The fourth-order valence-corrected chi connectivity index (χ4v) is 4.03. The van der Waals surface area contributed by atoms with Crippen molar-refractivity contribution in [3.8, 4) is 0 Å². The molecule has 0 amide bonds. The summed E-state index contributed by atoms with van der Waals surface area (Å²) in [5, 5.41) is 3.30. The lowest BCUT2D eigenvalue weighted by Crippen LogP contribution is -2.19. The number of thioether (sulfide) groups is 1. The Labute approximate surface area is 118 Å². The summed E-state index contributed by atoms with van der Waals surface area (Å²) in [7, 11) is -2.04. The van der Waals surface area contributed by atoms with Gasteiger partial charge in [-0.05, 0) is 49.1 Å². The zero-order valence-corrected chi connectivity index (χ0v) is 12.5. The molecule has 0 spiro atoms. The largest absolute Gasteiger partial charge is 0.397 e. The highest BCUT2D eigenvalue weighted by Crippen LogP contribution is 2.26. The highest BCUT2D eigenvalue weighted by molar-refractivity contribution is 7.99. The maximum Gasteiger partial charge on any atom is 0.240 e. The SMILES string of the molecule is CNS(=O)(=O)c1ccc(NCC2CCSC2)c(N)c1. The third kappa shape index (κ3) is 3.55. The zero-order valence-electron chi connectivity index (χ0n) is 10.8. The number of rotatable bonds is 5. The van der Waals surface area contributed by atoms with Crippen LogP contribution in [0.15, 0.2) is 23.1 Å². The number of benzene rings is 1. The van der Waals surface area contributed by atoms with Crippen LogP contribution in [0.1, 0.15) is 6.42 Å². The molecule has 0 radical (unpaired) electrons. The van der Waals surface area contributed by atoms with Gasteiger partial charge in [0.2, 0.25) is 10.0 Å². The van der Waals surface area contributed by atoms with Crippen molar-refractivity contribution in [1.82, 2.24) is 4.72 Å². The molecular formula is C12H19N3O2S2. The van der Waals surface area contributed by atoms with Crippen molar-refractivity contribution in [3.63, 3.8) is 0 Å². The Morgan fingerprint density at radius 1 is 1.47 bits per heavy atom. The van der Waals surface area contributed by atoms with E-state index in [1.54, 1.807) is 12.1 Å². The molecule has 106 valence electrons. The normalized spacial score (nSPS) is 19.5. The smallest absolute Gasteiger partial charge is 0.240 e. The molecule has 19 heavy (non-hydrogen) atoms. The molecule has 0 bridgehead atoms. The maximum absolute atomic E-state index is 11.6. The average Bonchev–Trinajstić information content (AvgIpc) is 2.90. The van der Waals surface area contributed by atoms with E-state index >= 15 is 0 Å². The summed E-state index contributed by atoms with van der Waals surface area (Å²) < 4.78 is 25.6. The van der Waals surface area contributed by atoms with Crippen LogP contribution in [0.3, 0.4) is 0 Å². The van der Waals surface area contributed by atoms with E-state index in [1.165, 1.54) is 31.0 Å². The van der Waals surface area contributed by atoms with Gasteiger partial charge in [-0.15, -0.1) is 0 Å². The van der Waals surface area contributed by atoms with Gasteiger partial charge in [0.05, 0.1) is 16.3 Å². The Hall–Kier alpha value is -0.920. The lowest BCUT2D eigenvalue weighted by atomic mass is 10.1. The van der Waals surface area contributed by atoms with Gasteiger partial charge in [0, 0.05) is 6.54 Å². The second kappa shape index (κ2) is 6.02. The molecule has 2 rings (SSSR count). The molecule has 0 saturated carbocycles. The van der Waals surface area contributed by atoms with Gasteiger partial charge >= 0.3 is 0 Å². The summed E-state index contributed by atoms with van der Waals surface area (Å²) in [5.74, 6) is 3.07. The van der Waals surface area contributed by atoms with Gasteiger partial charge < -0.3 is 11.1 Å². The van der Waals surface area contributed by atoms with Gasteiger partial charge in [-0.25, -0.2) is 13.1 Å². The fourth-order valence-electron chi connectivity index (χ4n) is 1.99. The molecule has 1 aromatic carbocycles. The minimum absolute atomic E-state index is 0.189. The van der Waals surface area contributed by atoms with Crippen LogP contribution in [0.2, 0.25) is 0 Å². The molecule has 1 fully saturated rings. The average molecular weight is 301 g/mol. The minimum Gasteiger partial charge on any atom is -0.397 e. The van der Waals surface area contributed by atoms with Gasteiger partial charge in [-0.3, -0.25) is 0 Å². The van der Waals surface area contributed by atoms with Crippen LogP contribution in [0, 0.1) is 5.92 Å². The first-order valence-corrected chi connectivity index (χ1v) is 8.81. The lowest BCUT2D eigenvalue weighted by molar-refractivity contribution is 0.588. The summed E-state index contributed by atoms with van der Waals surface area (Å²) in [6.45, 7) is 0.884. The van der Waals surface area contributed by atoms with E-state index in [9.17, 15) is 8.42 Å². The first-order chi connectivity index (χ1) is 9.03. The molecule has 0 aliphatic carbocycles. The monoisotopic (exact) mass is 301 g/mol. The molecule has 4 N–H and O–H groups in total. The van der Waals surface area contributed by atoms with Gasteiger partial charge in [0.1, 0.15) is 0 Å². The topological polar surface area (TPSA) is 84.2 Å². The van der Waals surface area contributed by atoms with E-state index in [4.69, 9.17) is 5.73 Å². The van der Waals surface area contributed by atoms with Crippen molar-refractivity contribution in [2.24, 2.45) is 5.92 Å². The molecular weight excluding hydrogens is 282 g/mol. The fraction of sp³-hybridized carbons (Fsp3) is 0.500. The molecule has 0 aromatic heterocycles. The second-order valence-electron chi connectivity index (χ2n) is 4.57. The van der Waals surface area contributed by atoms with Crippen molar-refractivity contribution < 1.29 is 8.42 Å². The van der Waals surface area contributed by atoms with Gasteiger partial charge in [-0.2, -0.15) is 11.8 Å². The lowest BCUT2D eigenvalue weighted by Gasteiger charge is -2.14. The molecule has 7 heteroatoms. The quantitative estimate of drug-likeness (QED) is 0.715. The zero-order chi connectivity index (χ0) is 13.9. The van der Waals surface area contributed by atoms with Crippen LogP contribution in [0.5, 0.6) is 0 Å². The summed E-state index contributed by atoms with van der Waals surface area (Å²) in [5.41, 5.74) is 7.16. The van der Waals surface area contributed by atoms with E-state index < -0.39 is 10.0 Å². The molecule has 1 heterocycles. The van der Waals surface area contributed by atoms with E-state index in [-0.39, 0.29) is 4.90 Å². The molecule has 1 aromatic rings. The predicted molar refractivity (Wildman–Crippen MR) is 81.0 cm³/mol.